The summed E-state index contributed by atoms with van der Waals surface area (Å²) in [5, 5.41) is 12.0. The molecule has 23 heavy (non-hydrogen) atoms. The van der Waals surface area contributed by atoms with E-state index in [9.17, 15) is 9.59 Å². The lowest BCUT2D eigenvalue weighted by Gasteiger charge is -2.19. The van der Waals surface area contributed by atoms with E-state index in [4.69, 9.17) is 5.11 Å². The molecule has 3 N–H and O–H groups in total. The number of pyridine rings is 1. The largest absolute Gasteiger partial charge is 0.396 e. The first-order valence-corrected chi connectivity index (χ1v) is 8.65. The Labute approximate surface area is 137 Å². The zero-order valence-corrected chi connectivity index (χ0v) is 14.2. The van der Waals surface area contributed by atoms with Crippen molar-refractivity contribution in [2.45, 2.75) is 52.4 Å². The number of aliphatic hydroxyl groups is 1. The SMILES string of the molecule is CC(C)CC(CCO)CNC(=O)c1cc2c([nH]c1=O)CCCC2. The zero-order valence-electron chi connectivity index (χ0n) is 14.2. The van der Waals surface area contributed by atoms with Gasteiger partial charge in [-0.2, -0.15) is 0 Å². The Bertz CT molecular complexity index is 592. The summed E-state index contributed by atoms with van der Waals surface area (Å²) in [6.07, 6.45) is 5.62. The average Bonchev–Trinajstić information content (AvgIpc) is 2.51. The Morgan fingerprint density at radius 3 is 2.78 bits per heavy atom. The first-order chi connectivity index (χ1) is 11.0. The van der Waals surface area contributed by atoms with Gasteiger partial charge in [0.1, 0.15) is 5.56 Å². The monoisotopic (exact) mass is 320 g/mol. The molecule has 0 radical (unpaired) electrons. The topological polar surface area (TPSA) is 82.2 Å². The Hall–Kier alpha value is -1.62. The highest BCUT2D eigenvalue weighted by Gasteiger charge is 2.18. The van der Waals surface area contributed by atoms with E-state index in [2.05, 4.69) is 24.1 Å². The molecule has 2 rings (SSSR count). The van der Waals surface area contributed by atoms with Crippen molar-refractivity contribution < 1.29 is 9.90 Å². The highest BCUT2D eigenvalue weighted by molar-refractivity contribution is 5.94. The minimum Gasteiger partial charge on any atom is -0.396 e. The van der Waals surface area contributed by atoms with Crippen molar-refractivity contribution in [1.29, 1.82) is 0 Å². The molecule has 1 heterocycles. The average molecular weight is 320 g/mol. The number of aromatic amines is 1. The fraction of sp³-hybridized carbons (Fsp3) is 0.667. The van der Waals surface area contributed by atoms with Crippen LogP contribution in [0.15, 0.2) is 10.9 Å². The number of aryl methyl sites for hydroxylation is 2. The van der Waals surface area contributed by atoms with Crippen LogP contribution in [0.1, 0.15) is 61.1 Å². The van der Waals surface area contributed by atoms with Crippen molar-refractivity contribution in [2.75, 3.05) is 13.2 Å². The van der Waals surface area contributed by atoms with Crippen LogP contribution in [0.4, 0.5) is 0 Å². The number of hydrogen-bond donors (Lipinski definition) is 3. The van der Waals surface area contributed by atoms with E-state index in [1.807, 2.05) is 0 Å². The summed E-state index contributed by atoms with van der Waals surface area (Å²) in [6, 6.07) is 1.76. The Morgan fingerprint density at radius 2 is 2.09 bits per heavy atom. The molecular weight excluding hydrogens is 292 g/mol. The fourth-order valence-corrected chi connectivity index (χ4v) is 3.33. The number of aromatic nitrogens is 1. The third-order valence-corrected chi connectivity index (χ3v) is 4.48. The molecule has 128 valence electrons. The van der Waals surface area contributed by atoms with Gasteiger partial charge in [0.05, 0.1) is 0 Å². The summed E-state index contributed by atoms with van der Waals surface area (Å²) in [6.45, 7) is 4.86. The van der Waals surface area contributed by atoms with Gasteiger partial charge in [0.2, 0.25) is 0 Å². The van der Waals surface area contributed by atoms with E-state index in [0.717, 1.165) is 43.4 Å². The lowest BCUT2D eigenvalue weighted by atomic mass is 9.94. The summed E-state index contributed by atoms with van der Waals surface area (Å²) in [5.74, 6) is 0.433. The number of carbonyl (C=O) groups is 1. The summed E-state index contributed by atoms with van der Waals surface area (Å²) in [4.78, 5) is 27.3. The summed E-state index contributed by atoms with van der Waals surface area (Å²) >= 11 is 0. The Morgan fingerprint density at radius 1 is 1.35 bits per heavy atom. The standard InChI is InChI=1S/C18H28N2O3/c1-12(2)9-13(7-8-21)11-19-17(22)15-10-14-5-3-4-6-16(14)20-18(15)23/h10,12-13,21H,3-9,11H2,1-2H3,(H,19,22)(H,20,23). The van der Waals surface area contributed by atoms with Crippen molar-refractivity contribution in [3.63, 3.8) is 0 Å². The van der Waals surface area contributed by atoms with Crippen LogP contribution in [0, 0.1) is 11.8 Å². The van der Waals surface area contributed by atoms with Gasteiger partial charge in [-0.25, -0.2) is 0 Å². The van der Waals surface area contributed by atoms with E-state index in [0.29, 0.717) is 18.9 Å². The van der Waals surface area contributed by atoms with E-state index in [1.165, 1.54) is 0 Å². The summed E-state index contributed by atoms with van der Waals surface area (Å²) < 4.78 is 0. The van der Waals surface area contributed by atoms with Gasteiger partial charge in [-0.05, 0) is 62.0 Å². The maximum atomic E-state index is 12.4. The van der Waals surface area contributed by atoms with Gasteiger partial charge >= 0.3 is 0 Å². The van der Waals surface area contributed by atoms with Crippen LogP contribution < -0.4 is 10.9 Å². The summed E-state index contributed by atoms with van der Waals surface area (Å²) in [5.41, 5.74) is 1.98. The molecule has 0 fully saturated rings. The van der Waals surface area contributed by atoms with Gasteiger partial charge in [0, 0.05) is 18.8 Å². The van der Waals surface area contributed by atoms with Crippen LogP contribution in [-0.4, -0.2) is 29.1 Å². The quantitative estimate of drug-likeness (QED) is 0.719. The van der Waals surface area contributed by atoms with Crippen LogP contribution >= 0.6 is 0 Å². The van der Waals surface area contributed by atoms with E-state index < -0.39 is 0 Å². The number of carbonyl (C=O) groups excluding carboxylic acids is 1. The van der Waals surface area contributed by atoms with Crippen LogP contribution in [0.3, 0.4) is 0 Å². The van der Waals surface area contributed by atoms with Gasteiger partial charge in [-0.3, -0.25) is 9.59 Å². The highest BCUT2D eigenvalue weighted by Crippen LogP contribution is 2.19. The molecule has 0 spiro atoms. The van der Waals surface area contributed by atoms with Crippen molar-refractivity contribution in [3.05, 3.63) is 33.2 Å². The van der Waals surface area contributed by atoms with Gasteiger partial charge in [0.15, 0.2) is 0 Å². The van der Waals surface area contributed by atoms with Crippen LogP contribution in [0.5, 0.6) is 0 Å². The Kier molecular flexibility index (Phi) is 6.39. The molecular formula is C18H28N2O3. The maximum absolute atomic E-state index is 12.4. The molecule has 0 aliphatic heterocycles. The van der Waals surface area contributed by atoms with Crippen LogP contribution in [-0.2, 0) is 12.8 Å². The fourth-order valence-electron chi connectivity index (χ4n) is 3.33. The van der Waals surface area contributed by atoms with Gasteiger partial charge < -0.3 is 15.4 Å². The first-order valence-electron chi connectivity index (χ1n) is 8.65. The minimum atomic E-state index is -0.314. The van der Waals surface area contributed by atoms with Crippen molar-refractivity contribution in [3.8, 4) is 0 Å². The second kappa shape index (κ2) is 8.29. The number of nitrogens with one attached hydrogen (secondary N) is 2. The lowest BCUT2D eigenvalue weighted by molar-refractivity contribution is 0.0939. The molecule has 0 bridgehead atoms. The number of H-pyrrole nitrogens is 1. The third-order valence-electron chi connectivity index (χ3n) is 4.48. The maximum Gasteiger partial charge on any atom is 0.261 e. The highest BCUT2D eigenvalue weighted by atomic mass is 16.3. The van der Waals surface area contributed by atoms with Crippen LogP contribution in [0.2, 0.25) is 0 Å². The number of fused-ring (bicyclic) bond motifs is 1. The predicted molar refractivity (Wildman–Crippen MR) is 90.7 cm³/mol. The van der Waals surface area contributed by atoms with E-state index in [1.54, 1.807) is 6.07 Å². The summed E-state index contributed by atoms with van der Waals surface area (Å²) in [7, 11) is 0. The molecule has 1 aromatic heterocycles. The molecule has 1 aromatic rings. The molecule has 1 aliphatic carbocycles. The van der Waals surface area contributed by atoms with Crippen LogP contribution in [0.25, 0.3) is 0 Å². The second-order valence-corrected chi connectivity index (χ2v) is 6.94. The van der Waals surface area contributed by atoms with E-state index >= 15 is 0 Å². The molecule has 0 aromatic carbocycles. The predicted octanol–water partition coefficient (Wildman–Crippen LogP) is 2.03. The molecule has 5 heteroatoms. The zero-order chi connectivity index (χ0) is 16.8. The first kappa shape index (κ1) is 17.7. The molecule has 1 unspecified atom stereocenters. The molecule has 1 atom stereocenters. The molecule has 5 nitrogen and oxygen atoms in total. The van der Waals surface area contributed by atoms with Gasteiger partial charge in [-0.15, -0.1) is 0 Å². The number of aliphatic hydroxyl groups excluding tert-OH is 1. The normalized spacial score (nSPS) is 15.3. The number of hydrogen-bond acceptors (Lipinski definition) is 3. The lowest BCUT2D eigenvalue weighted by Crippen LogP contribution is -2.34. The van der Waals surface area contributed by atoms with E-state index in [-0.39, 0.29) is 29.6 Å². The smallest absolute Gasteiger partial charge is 0.261 e. The second-order valence-electron chi connectivity index (χ2n) is 6.94. The van der Waals surface area contributed by atoms with Gasteiger partial charge in [0.25, 0.3) is 11.5 Å². The number of rotatable bonds is 7. The molecule has 0 saturated heterocycles. The Balaban J connectivity index is 2.04. The van der Waals surface area contributed by atoms with Crippen molar-refractivity contribution in [1.82, 2.24) is 10.3 Å². The number of amides is 1. The molecule has 1 amide bonds. The van der Waals surface area contributed by atoms with Gasteiger partial charge in [-0.1, -0.05) is 13.8 Å². The minimum absolute atomic E-state index is 0.118. The van der Waals surface area contributed by atoms with Crippen molar-refractivity contribution >= 4 is 5.91 Å². The molecule has 1 aliphatic rings. The molecule has 0 saturated carbocycles. The van der Waals surface area contributed by atoms with Crippen molar-refractivity contribution in [2.24, 2.45) is 11.8 Å². The third kappa shape index (κ3) is 4.93.